The quantitative estimate of drug-likeness (QED) is 0.603. The molecular weight excluding hydrogens is 462 g/mol. The van der Waals surface area contributed by atoms with Crippen molar-refractivity contribution in [2.45, 2.75) is 25.1 Å². The minimum absolute atomic E-state index is 0.00166. The molecule has 2 aromatic carbocycles. The molecule has 1 heterocycles. The molecule has 1 aliphatic rings. The first-order valence-corrected chi connectivity index (χ1v) is 9.37. The Morgan fingerprint density at radius 2 is 1.84 bits per heavy atom. The van der Waals surface area contributed by atoms with Gasteiger partial charge in [0.25, 0.3) is 5.60 Å². The van der Waals surface area contributed by atoms with Crippen LogP contribution in [-0.4, -0.2) is 29.0 Å². The van der Waals surface area contributed by atoms with Gasteiger partial charge in [-0.1, -0.05) is 40.5 Å². The number of hydrazine groups is 1. The van der Waals surface area contributed by atoms with Crippen molar-refractivity contribution >= 4 is 46.6 Å². The topological polar surface area (TPSA) is 91.2 Å². The van der Waals surface area contributed by atoms with Crippen LogP contribution in [0.15, 0.2) is 47.6 Å². The molecule has 2 amide bonds. The van der Waals surface area contributed by atoms with Gasteiger partial charge in [-0.3, -0.25) is 10.2 Å². The largest absolute Gasteiger partial charge is 0.463 e. The third kappa shape index (κ3) is 4.54. The van der Waals surface area contributed by atoms with Crippen LogP contribution in [0.5, 0.6) is 0 Å². The summed E-state index contributed by atoms with van der Waals surface area (Å²) in [6, 6.07) is 8.96. The third-order valence-electron chi connectivity index (χ3n) is 4.41. The lowest BCUT2D eigenvalue weighted by Crippen LogP contribution is -2.45. The molecule has 0 spiro atoms. The van der Waals surface area contributed by atoms with Crippen molar-refractivity contribution in [1.29, 1.82) is 0 Å². The number of carbonyl (C=O) groups is 2. The third-order valence-corrected chi connectivity index (χ3v) is 4.85. The van der Waals surface area contributed by atoms with Gasteiger partial charge in [-0.25, -0.2) is 4.79 Å². The Kier molecular flexibility index (Phi) is 6.06. The van der Waals surface area contributed by atoms with Crippen LogP contribution < -0.4 is 10.4 Å². The van der Waals surface area contributed by atoms with Crippen molar-refractivity contribution in [3.8, 4) is 0 Å². The summed E-state index contributed by atoms with van der Waals surface area (Å²) in [5.41, 5.74) is -0.945. The van der Waals surface area contributed by atoms with Crippen LogP contribution in [0.4, 0.5) is 23.7 Å². The maximum Gasteiger partial charge on any atom is 0.435 e. The van der Waals surface area contributed by atoms with E-state index >= 15 is 0 Å². The predicted octanol–water partition coefficient (Wildman–Crippen LogP) is 5.11. The number of rotatable bonds is 3. The summed E-state index contributed by atoms with van der Waals surface area (Å²) < 4.78 is 42.3. The van der Waals surface area contributed by atoms with E-state index in [1.807, 2.05) is 0 Å². The molecule has 2 N–H and O–H groups in total. The van der Waals surface area contributed by atoms with E-state index in [2.05, 4.69) is 10.6 Å². The number of benzene rings is 2. The van der Waals surface area contributed by atoms with Crippen molar-refractivity contribution in [1.82, 2.24) is 5.43 Å². The standard InChI is InChI=1S/C19H14Cl2F3N3O4/c1-10(28)25-27(17(29)30)15-4-2-3-11(5-15)16-9-18(31-26-16,19(22,23)24)12-6-13(20)8-14(21)7-12/h2-8H,9H2,1H3,(H,25,28)(H,29,30). The SMILES string of the molecule is CC(=O)NN(C(=O)O)c1cccc(C2=NOC(c3cc(Cl)cc(Cl)c3)(C(F)(F)F)C2)c1. The van der Waals surface area contributed by atoms with Gasteiger partial charge in [-0.2, -0.15) is 18.2 Å². The number of alkyl halides is 3. The monoisotopic (exact) mass is 475 g/mol. The number of oxime groups is 1. The first kappa shape index (κ1) is 22.7. The van der Waals surface area contributed by atoms with Gasteiger partial charge in [0.15, 0.2) is 0 Å². The Balaban J connectivity index is 1.99. The highest BCUT2D eigenvalue weighted by Crippen LogP contribution is 2.49. The Bertz CT molecular complexity index is 1060. The summed E-state index contributed by atoms with van der Waals surface area (Å²) in [7, 11) is 0. The molecule has 164 valence electrons. The highest BCUT2D eigenvalue weighted by Gasteiger charge is 2.62. The Morgan fingerprint density at radius 3 is 2.39 bits per heavy atom. The van der Waals surface area contributed by atoms with Crippen LogP contribution in [0.25, 0.3) is 0 Å². The van der Waals surface area contributed by atoms with Gasteiger partial charge in [0.2, 0.25) is 5.91 Å². The van der Waals surface area contributed by atoms with Crippen molar-refractivity contribution in [3.63, 3.8) is 0 Å². The summed E-state index contributed by atoms with van der Waals surface area (Å²) in [6.45, 7) is 1.11. The molecule has 0 aliphatic carbocycles. The lowest BCUT2D eigenvalue weighted by atomic mass is 9.86. The van der Waals surface area contributed by atoms with E-state index in [-0.39, 0.29) is 32.6 Å². The zero-order chi connectivity index (χ0) is 23.0. The second kappa shape index (κ2) is 8.27. The van der Waals surface area contributed by atoms with Crippen molar-refractivity contribution in [2.75, 3.05) is 5.01 Å². The summed E-state index contributed by atoms with van der Waals surface area (Å²) >= 11 is 11.8. The summed E-state index contributed by atoms with van der Waals surface area (Å²) in [5.74, 6) is -0.650. The number of anilines is 1. The molecule has 2 aromatic rings. The molecule has 0 fully saturated rings. The number of carboxylic acid groups (broad SMARTS) is 1. The van der Waals surface area contributed by atoms with Crippen LogP contribution in [0.2, 0.25) is 10.0 Å². The molecule has 0 bridgehead atoms. The zero-order valence-electron chi connectivity index (χ0n) is 15.7. The number of halogens is 5. The Labute approximate surface area is 184 Å². The molecule has 0 saturated carbocycles. The van der Waals surface area contributed by atoms with Crippen LogP contribution in [0.1, 0.15) is 24.5 Å². The molecule has 1 unspecified atom stereocenters. The smallest absolute Gasteiger partial charge is 0.435 e. The van der Waals surface area contributed by atoms with Crippen LogP contribution >= 0.6 is 23.2 Å². The van der Waals surface area contributed by atoms with E-state index in [1.54, 1.807) is 0 Å². The molecule has 12 heteroatoms. The minimum Gasteiger partial charge on any atom is -0.463 e. The second-order valence-corrected chi connectivity index (χ2v) is 7.50. The van der Waals surface area contributed by atoms with Gasteiger partial charge in [0, 0.05) is 34.5 Å². The van der Waals surface area contributed by atoms with E-state index in [1.165, 1.54) is 30.3 Å². The van der Waals surface area contributed by atoms with E-state index < -0.39 is 30.2 Å². The lowest BCUT2D eigenvalue weighted by molar-refractivity contribution is -0.275. The number of nitrogens with zero attached hydrogens (tertiary/aromatic N) is 2. The maximum atomic E-state index is 14.1. The number of carbonyl (C=O) groups excluding carboxylic acids is 1. The molecule has 1 atom stereocenters. The number of amides is 2. The fraction of sp³-hybridized carbons (Fsp3) is 0.211. The molecule has 7 nitrogen and oxygen atoms in total. The Morgan fingerprint density at radius 1 is 1.19 bits per heavy atom. The van der Waals surface area contributed by atoms with Gasteiger partial charge in [0.05, 0.1) is 11.4 Å². The molecule has 31 heavy (non-hydrogen) atoms. The zero-order valence-corrected chi connectivity index (χ0v) is 17.2. The van der Waals surface area contributed by atoms with Gasteiger partial charge >= 0.3 is 12.3 Å². The molecule has 0 radical (unpaired) electrons. The average Bonchev–Trinajstić information content (AvgIpc) is 3.12. The van der Waals surface area contributed by atoms with Gasteiger partial charge < -0.3 is 9.94 Å². The van der Waals surface area contributed by atoms with Gasteiger partial charge in [-0.05, 0) is 30.3 Å². The van der Waals surface area contributed by atoms with E-state index in [4.69, 9.17) is 28.0 Å². The summed E-state index contributed by atoms with van der Waals surface area (Å²) in [6.07, 6.45) is -7.06. The molecule has 0 aromatic heterocycles. The number of nitrogens with one attached hydrogen (secondary N) is 1. The highest BCUT2D eigenvalue weighted by atomic mass is 35.5. The second-order valence-electron chi connectivity index (χ2n) is 6.63. The van der Waals surface area contributed by atoms with Gasteiger partial charge in [0.1, 0.15) is 0 Å². The molecule has 3 rings (SSSR count). The van der Waals surface area contributed by atoms with E-state index in [0.29, 0.717) is 5.01 Å². The number of hydrogen-bond acceptors (Lipinski definition) is 4. The molecule has 0 saturated heterocycles. The van der Waals surface area contributed by atoms with Crippen molar-refractivity contribution in [3.05, 3.63) is 63.6 Å². The average molecular weight is 476 g/mol. The Hall–Kier alpha value is -2.98. The highest BCUT2D eigenvalue weighted by molar-refractivity contribution is 6.34. The summed E-state index contributed by atoms with van der Waals surface area (Å²) in [5, 5.41) is 13.5. The first-order valence-electron chi connectivity index (χ1n) is 8.62. The van der Waals surface area contributed by atoms with Crippen LogP contribution in [0.3, 0.4) is 0 Å². The molecule has 1 aliphatic heterocycles. The maximum absolute atomic E-state index is 14.1. The normalized spacial score (nSPS) is 18.2. The minimum atomic E-state index is -4.87. The lowest BCUT2D eigenvalue weighted by Gasteiger charge is -2.29. The van der Waals surface area contributed by atoms with Crippen molar-refractivity contribution < 1.29 is 32.7 Å². The fourth-order valence-corrected chi connectivity index (χ4v) is 3.58. The fourth-order valence-electron chi connectivity index (χ4n) is 3.05. The summed E-state index contributed by atoms with van der Waals surface area (Å²) in [4.78, 5) is 27.6. The van der Waals surface area contributed by atoms with Crippen molar-refractivity contribution in [2.24, 2.45) is 5.16 Å². The predicted molar refractivity (Wildman–Crippen MR) is 107 cm³/mol. The van der Waals surface area contributed by atoms with Gasteiger partial charge in [-0.15, -0.1) is 0 Å². The van der Waals surface area contributed by atoms with Crippen LogP contribution in [-0.2, 0) is 15.2 Å². The van der Waals surface area contributed by atoms with Crippen LogP contribution in [0, 0.1) is 0 Å². The van der Waals surface area contributed by atoms with E-state index in [0.717, 1.165) is 19.1 Å². The first-order chi connectivity index (χ1) is 14.4. The van der Waals surface area contributed by atoms with E-state index in [9.17, 15) is 27.9 Å². The molecular formula is C19H14Cl2F3N3O4. The number of hydrogen-bond donors (Lipinski definition) is 2.